The summed E-state index contributed by atoms with van der Waals surface area (Å²) in [5, 5.41) is 3.13. The van der Waals surface area contributed by atoms with Gasteiger partial charge in [-0.1, -0.05) is 13.8 Å². The van der Waals surface area contributed by atoms with Gasteiger partial charge in [0.15, 0.2) is 0 Å². The van der Waals surface area contributed by atoms with Gasteiger partial charge in [-0.3, -0.25) is 0 Å². The smallest absolute Gasteiger partial charge is 0.111 e. The molecule has 0 aliphatic carbocycles. The average molecular weight is 181 g/mol. The topological polar surface area (TPSA) is 29.9 Å². The van der Waals surface area contributed by atoms with Crippen LogP contribution in [0.1, 0.15) is 37.0 Å². The summed E-state index contributed by atoms with van der Waals surface area (Å²) in [7, 11) is 4.03. The molecule has 0 saturated heterocycles. The predicted molar refractivity (Wildman–Crippen MR) is 54.8 cm³/mol. The summed E-state index contributed by atoms with van der Waals surface area (Å²) in [6.45, 7) is 7.31. The van der Waals surface area contributed by atoms with Gasteiger partial charge < -0.3 is 9.88 Å². The van der Waals surface area contributed by atoms with E-state index in [1.54, 1.807) is 0 Å². The van der Waals surface area contributed by atoms with Crippen LogP contribution in [-0.4, -0.2) is 16.6 Å². The molecule has 1 heterocycles. The van der Waals surface area contributed by atoms with Gasteiger partial charge in [0.25, 0.3) is 0 Å². The molecule has 0 aliphatic rings. The van der Waals surface area contributed by atoms with E-state index < -0.39 is 0 Å². The van der Waals surface area contributed by atoms with Crippen molar-refractivity contribution in [3.63, 3.8) is 0 Å². The number of hydrogen-bond donors (Lipinski definition) is 1. The minimum Gasteiger partial charge on any atom is -0.335 e. The summed E-state index contributed by atoms with van der Waals surface area (Å²) >= 11 is 0. The highest BCUT2D eigenvalue weighted by Gasteiger charge is 2.12. The molecule has 3 nitrogen and oxygen atoms in total. The summed E-state index contributed by atoms with van der Waals surface area (Å²) < 4.78 is 2.18. The van der Waals surface area contributed by atoms with Crippen LogP contribution in [0.15, 0.2) is 0 Å². The molecule has 74 valence electrons. The first-order valence-corrected chi connectivity index (χ1v) is 4.74. The van der Waals surface area contributed by atoms with Crippen molar-refractivity contribution in [1.82, 2.24) is 14.9 Å². The van der Waals surface area contributed by atoms with Crippen LogP contribution in [-0.2, 0) is 13.6 Å². The normalized spacial score (nSPS) is 11.2. The Morgan fingerprint density at radius 3 is 2.46 bits per heavy atom. The van der Waals surface area contributed by atoms with Crippen LogP contribution in [0.25, 0.3) is 0 Å². The van der Waals surface area contributed by atoms with Crippen LogP contribution < -0.4 is 5.32 Å². The van der Waals surface area contributed by atoms with Crippen LogP contribution in [0.3, 0.4) is 0 Å². The summed E-state index contributed by atoms with van der Waals surface area (Å²) in [6.07, 6.45) is 0. The molecule has 0 atom stereocenters. The highest BCUT2D eigenvalue weighted by atomic mass is 15.1. The molecule has 0 bridgehead atoms. The first-order chi connectivity index (χ1) is 6.07. The van der Waals surface area contributed by atoms with Crippen molar-refractivity contribution >= 4 is 0 Å². The van der Waals surface area contributed by atoms with Crippen LogP contribution in [0.2, 0.25) is 0 Å². The van der Waals surface area contributed by atoms with E-state index in [2.05, 4.69) is 42.7 Å². The van der Waals surface area contributed by atoms with E-state index in [4.69, 9.17) is 0 Å². The van der Waals surface area contributed by atoms with Gasteiger partial charge in [0, 0.05) is 25.2 Å². The van der Waals surface area contributed by atoms with Gasteiger partial charge in [-0.05, 0) is 14.0 Å². The van der Waals surface area contributed by atoms with E-state index in [1.165, 1.54) is 11.5 Å². The fourth-order valence-electron chi connectivity index (χ4n) is 1.51. The molecule has 0 fully saturated rings. The first-order valence-electron chi connectivity index (χ1n) is 4.74. The highest BCUT2D eigenvalue weighted by molar-refractivity contribution is 5.16. The van der Waals surface area contributed by atoms with Crippen molar-refractivity contribution in [1.29, 1.82) is 0 Å². The summed E-state index contributed by atoms with van der Waals surface area (Å²) in [6, 6.07) is 0. The van der Waals surface area contributed by atoms with Crippen molar-refractivity contribution in [2.24, 2.45) is 7.05 Å². The molecule has 1 rings (SSSR count). The molecule has 0 saturated carbocycles. The summed E-state index contributed by atoms with van der Waals surface area (Å²) in [4.78, 5) is 4.60. The maximum atomic E-state index is 4.60. The van der Waals surface area contributed by atoms with E-state index in [9.17, 15) is 0 Å². The largest absolute Gasteiger partial charge is 0.335 e. The molecular formula is C10H19N3. The Bertz CT molecular complexity index is 287. The van der Waals surface area contributed by atoms with Crippen LogP contribution in [0, 0.1) is 6.92 Å². The van der Waals surface area contributed by atoms with Gasteiger partial charge in [-0.25, -0.2) is 4.98 Å². The Hall–Kier alpha value is -0.830. The minimum absolute atomic E-state index is 0.495. The lowest BCUT2D eigenvalue weighted by molar-refractivity contribution is 0.700. The van der Waals surface area contributed by atoms with Crippen molar-refractivity contribution in [3.05, 3.63) is 17.2 Å². The van der Waals surface area contributed by atoms with Crippen LogP contribution in [0.4, 0.5) is 0 Å². The highest BCUT2D eigenvalue weighted by Crippen LogP contribution is 2.16. The van der Waals surface area contributed by atoms with Crippen LogP contribution in [0.5, 0.6) is 0 Å². The second-order valence-corrected chi connectivity index (χ2v) is 3.75. The van der Waals surface area contributed by atoms with Gasteiger partial charge >= 0.3 is 0 Å². The van der Waals surface area contributed by atoms with E-state index >= 15 is 0 Å². The SMILES string of the molecule is CNCc1nc(C(C)C)n(C)c1C. The molecule has 0 aliphatic heterocycles. The molecule has 0 unspecified atom stereocenters. The monoisotopic (exact) mass is 181 g/mol. The second kappa shape index (κ2) is 3.92. The number of nitrogens with one attached hydrogen (secondary N) is 1. The predicted octanol–water partition coefficient (Wildman–Crippen LogP) is 1.57. The molecule has 0 radical (unpaired) electrons. The molecular weight excluding hydrogens is 162 g/mol. The fraction of sp³-hybridized carbons (Fsp3) is 0.700. The number of imidazole rings is 1. The van der Waals surface area contributed by atoms with Gasteiger partial charge in [-0.15, -0.1) is 0 Å². The van der Waals surface area contributed by atoms with Gasteiger partial charge in [-0.2, -0.15) is 0 Å². The lowest BCUT2D eigenvalue weighted by Crippen LogP contribution is -2.07. The third-order valence-corrected chi connectivity index (χ3v) is 2.37. The number of rotatable bonds is 3. The van der Waals surface area contributed by atoms with Crippen molar-refractivity contribution in [2.45, 2.75) is 33.2 Å². The third kappa shape index (κ3) is 1.91. The molecule has 1 aromatic rings. The average Bonchev–Trinajstić information content (AvgIpc) is 2.33. The van der Waals surface area contributed by atoms with Crippen LogP contribution >= 0.6 is 0 Å². The number of aromatic nitrogens is 2. The molecule has 0 spiro atoms. The fourth-order valence-corrected chi connectivity index (χ4v) is 1.51. The number of hydrogen-bond acceptors (Lipinski definition) is 2. The summed E-state index contributed by atoms with van der Waals surface area (Å²) in [5.41, 5.74) is 2.42. The van der Waals surface area contributed by atoms with Gasteiger partial charge in [0.1, 0.15) is 5.82 Å². The second-order valence-electron chi connectivity index (χ2n) is 3.75. The molecule has 1 N–H and O–H groups in total. The Morgan fingerprint density at radius 2 is 2.08 bits per heavy atom. The Morgan fingerprint density at radius 1 is 1.46 bits per heavy atom. The van der Waals surface area contributed by atoms with Crippen molar-refractivity contribution in [3.8, 4) is 0 Å². The zero-order valence-corrected chi connectivity index (χ0v) is 9.18. The Kier molecular flexibility index (Phi) is 3.09. The van der Waals surface area contributed by atoms with Gasteiger partial charge in [0.2, 0.25) is 0 Å². The lowest BCUT2D eigenvalue weighted by Gasteiger charge is -2.04. The molecule has 1 aromatic heterocycles. The number of nitrogens with zero attached hydrogens (tertiary/aromatic N) is 2. The zero-order chi connectivity index (χ0) is 10.0. The van der Waals surface area contributed by atoms with E-state index in [-0.39, 0.29) is 0 Å². The molecule has 0 amide bonds. The maximum absolute atomic E-state index is 4.60. The first kappa shape index (κ1) is 10.3. The minimum atomic E-state index is 0.495. The molecule has 13 heavy (non-hydrogen) atoms. The van der Waals surface area contributed by atoms with E-state index in [1.807, 2.05) is 7.05 Å². The maximum Gasteiger partial charge on any atom is 0.111 e. The van der Waals surface area contributed by atoms with Crippen molar-refractivity contribution in [2.75, 3.05) is 7.05 Å². The molecule has 0 aromatic carbocycles. The third-order valence-electron chi connectivity index (χ3n) is 2.37. The Labute approximate surface area is 80.2 Å². The quantitative estimate of drug-likeness (QED) is 0.767. The van der Waals surface area contributed by atoms with Gasteiger partial charge in [0.05, 0.1) is 5.69 Å². The lowest BCUT2D eigenvalue weighted by atomic mass is 10.2. The van der Waals surface area contributed by atoms with E-state index in [0.717, 1.165) is 12.2 Å². The Balaban J connectivity index is 3.05. The zero-order valence-electron chi connectivity index (χ0n) is 9.18. The molecule has 3 heteroatoms. The standard InChI is InChI=1S/C10H19N3/c1-7(2)10-12-9(6-11-4)8(3)13(10)5/h7,11H,6H2,1-5H3. The van der Waals surface area contributed by atoms with Crippen molar-refractivity contribution < 1.29 is 0 Å². The summed E-state index contributed by atoms with van der Waals surface area (Å²) in [5.74, 6) is 1.66. The van der Waals surface area contributed by atoms with E-state index in [0.29, 0.717) is 5.92 Å².